The molecule has 1 nitrogen and oxygen atoms in total. The Kier molecular flexibility index (Phi) is 4.54. The lowest BCUT2D eigenvalue weighted by atomic mass is 10.1. The number of hydrogen-bond acceptors (Lipinski definition) is 3. The quantitative estimate of drug-likeness (QED) is 0.869. The van der Waals surface area contributed by atoms with Crippen LogP contribution in [0.1, 0.15) is 25.3 Å². The van der Waals surface area contributed by atoms with Crippen molar-refractivity contribution in [2.75, 3.05) is 11.5 Å². The lowest BCUT2D eigenvalue weighted by molar-refractivity contribution is 0.421. The van der Waals surface area contributed by atoms with Gasteiger partial charge in [0.25, 0.3) is 0 Å². The SMILES string of the molecule is CC(Cc1ccsc1)NC1CCSCC1. The van der Waals surface area contributed by atoms with Crippen LogP contribution >= 0.6 is 23.1 Å². The van der Waals surface area contributed by atoms with E-state index in [9.17, 15) is 0 Å². The first-order valence-corrected chi connectivity index (χ1v) is 7.79. The minimum atomic E-state index is 0.618. The van der Waals surface area contributed by atoms with E-state index < -0.39 is 0 Å². The van der Waals surface area contributed by atoms with E-state index >= 15 is 0 Å². The van der Waals surface area contributed by atoms with Gasteiger partial charge < -0.3 is 5.32 Å². The summed E-state index contributed by atoms with van der Waals surface area (Å²) in [6.45, 7) is 2.30. The smallest absolute Gasteiger partial charge is 0.00853 e. The molecule has 1 aromatic rings. The fraction of sp³-hybridized carbons (Fsp3) is 0.667. The van der Waals surface area contributed by atoms with Crippen LogP contribution in [0.3, 0.4) is 0 Å². The molecule has 1 atom stereocenters. The van der Waals surface area contributed by atoms with Crippen LogP contribution in [0.25, 0.3) is 0 Å². The molecule has 1 aliphatic rings. The van der Waals surface area contributed by atoms with Crippen molar-refractivity contribution in [1.82, 2.24) is 5.32 Å². The number of hydrogen-bond donors (Lipinski definition) is 1. The Morgan fingerprint density at radius 1 is 1.47 bits per heavy atom. The Morgan fingerprint density at radius 3 is 2.93 bits per heavy atom. The van der Waals surface area contributed by atoms with Crippen molar-refractivity contribution in [3.8, 4) is 0 Å². The van der Waals surface area contributed by atoms with Gasteiger partial charge in [0, 0.05) is 12.1 Å². The number of thiophene rings is 1. The van der Waals surface area contributed by atoms with Crippen LogP contribution in [-0.4, -0.2) is 23.6 Å². The van der Waals surface area contributed by atoms with Crippen LogP contribution in [0.5, 0.6) is 0 Å². The molecule has 0 amide bonds. The topological polar surface area (TPSA) is 12.0 Å². The van der Waals surface area contributed by atoms with Gasteiger partial charge in [0.05, 0.1) is 0 Å². The molecule has 0 spiro atoms. The van der Waals surface area contributed by atoms with Crippen LogP contribution in [0.4, 0.5) is 0 Å². The second kappa shape index (κ2) is 5.92. The number of thioether (sulfide) groups is 1. The molecule has 1 fully saturated rings. The highest BCUT2D eigenvalue weighted by molar-refractivity contribution is 7.99. The summed E-state index contributed by atoms with van der Waals surface area (Å²) in [5, 5.41) is 8.17. The van der Waals surface area contributed by atoms with Crippen molar-refractivity contribution in [1.29, 1.82) is 0 Å². The van der Waals surface area contributed by atoms with E-state index in [1.54, 1.807) is 11.3 Å². The molecule has 84 valence electrons. The fourth-order valence-electron chi connectivity index (χ4n) is 2.09. The Morgan fingerprint density at radius 2 is 2.27 bits per heavy atom. The molecular formula is C12H19NS2. The van der Waals surface area contributed by atoms with Gasteiger partial charge in [-0.2, -0.15) is 23.1 Å². The van der Waals surface area contributed by atoms with Crippen LogP contribution in [0, 0.1) is 0 Å². The normalized spacial score (nSPS) is 20.3. The zero-order valence-corrected chi connectivity index (χ0v) is 10.9. The van der Waals surface area contributed by atoms with Gasteiger partial charge in [-0.25, -0.2) is 0 Å². The van der Waals surface area contributed by atoms with Crippen LogP contribution in [0.15, 0.2) is 16.8 Å². The second-order valence-corrected chi connectivity index (χ2v) is 6.29. The highest BCUT2D eigenvalue weighted by atomic mass is 32.2. The average molecular weight is 241 g/mol. The molecule has 2 rings (SSSR count). The molecule has 0 aromatic carbocycles. The van der Waals surface area contributed by atoms with Crippen molar-refractivity contribution in [2.24, 2.45) is 0 Å². The van der Waals surface area contributed by atoms with Gasteiger partial charge in [-0.15, -0.1) is 0 Å². The minimum absolute atomic E-state index is 0.618. The predicted octanol–water partition coefficient (Wildman–Crippen LogP) is 3.16. The van der Waals surface area contributed by atoms with Gasteiger partial charge in [0.2, 0.25) is 0 Å². The summed E-state index contributed by atoms with van der Waals surface area (Å²) < 4.78 is 0. The maximum atomic E-state index is 3.75. The third-order valence-corrected chi connectivity index (χ3v) is 4.64. The monoisotopic (exact) mass is 241 g/mol. The van der Waals surface area contributed by atoms with E-state index in [0.29, 0.717) is 6.04 Å². The van der Waals surface area contributed by atoms with Crippen molar-refractivity contribution >= 4 is 23.1 Å². The molecule has 0 aliphatic carbocycles. The second-order valence-electron chi connectivity index (χ2n) is 4.29. The van der Waals surface area contributed by atoms with E-state index in [2.05, 4.69) is 40.8 Å². The van der Waals surface area contributed by atoms with Crippen LogP contribution in [0.2, 0.25) is 0 Å². The summed E-state index contributed by atoms with van der Waals surface area (Å²) in [6, 6.07) is 3.62. The Balaban J connectivity index is 1.74. The highest BCUT2D eigenvalue weighted by Crippen LogP contribution is 2.18. The molecule has 1 aromatic heterocycles. The van der Waals surface area contributed by atoms with Gasteiger partial charge >= 0.3 is 0 Å². The van der Waals surface area contributed by atoms with E-state index in [4.69, 9.17) is 0 Å². The third kappa shape index (κ3) is 3.82. The lowest BCUT2D eigenvalue weighted by Crippen LogP contribution is -2.39. The third-order valence-electron chi connectivity index (χ3n) is 2.86. The summed E-state index contributed by atoms with van der Waals surface area (Å²) >= 11 is 3.89. The summed E-state index contributed by atoms with van der Waals surface area (Å²) in [5.74, 6) is 2.67. The maximum absolute atomic E-state index is 3.75. The van der Waals surface area contributed by atoms with Crippen LogP contribution in [-0.2, 0) is 6.42 Å². The van der Waals surface area contributed by atoms with Crippen LogP contribution < -0.4 is 5.32 Å². The fourth-order valence-corrected chi connectivity index (χ4v) is 3.88. The standard InChI is InChI=1S/C12H19NS2/c1-10(8-11-2-5-15-9-11)13-12-3-6-14-7-4-12/h2,5,9-10,12-13H,3-4,6-8H2,1H3. The summed E-state index contributed by atoms with van der Waals surface area (Å²) in [7, 11) is 0. The largest absolute Gasteiger partial charge is 0.311 e. The average Bonchev–Trinajstić information content (AvgIpc) is 2.71. The Bertz CT molecular complexity index is 265. The zero-order valence-electron chi connectivity index (χ0n) is 9.24. The van der Waals surface area contributed by atoms with Crippen molar-refractivity contribution < 1.29 is 0 Å². The molecule has 0 saturated carbocycles. The lowest BCUT2D eigenvalue weighted by Gasteiger charge is -2.26. The van der Waals surface area contributed by atoms with Gasteiger partial charge in [0.15, 0.2) is 0 Å². The molecule has 15 heavy (non-hydrogen) atoms. The predicted molar refractivity (Wildman–Crippen MR) is 71.0 cm³/mol. The summed E-state index contributed by atoms with van der Waals surface area (Å²) in [5.41, 5.74) is 1.48. The van der Waals surface area contributed by atoms with Gasteiger partial charge in [-0.3, -0.25) is 0 Å². The first-order chi connectivity index (χ1) is 7.34. The minimum Gasteiger partial charge on any atom is -0.311 e. The van der Waals surface area contributed by atoms with Gasteiger partial charge in [0.1, 0.15) is 0 Å². The van der Waals surface area contributed by atoms with Gasteiger partial charge in [-0.05, 0) is 60.1 Å². The summed E-state index contributed by atoms with van der Waals surface area (Å²) in [4.78, 5) is 0. The molecule has 0 bridgehead atoms. The van der Waals surface area contributed by atoms with Crippen molar-refractivity contribution in [2.45, 2.75) is 38.3 Å². The maximum Gasteiger partial charge on any atom is 0.00853 e. The van der Waals surface area contributed by atoms with E-state index in [1.807, 2.05) is 0 Å². The van der Waals surface area contributed by atoms with Crippen molar-refractivity contribution in [3.05, 3.63) is 22.4 Å². The van der Waals surface area contributed by atoms with E-state index in [-0.39, 0.29) is 0 Å². The molecule has 1 aliphatic heterocycles. The molecular weight excluding hydrogens is 222 g/mol. The van der Waals surface area contributed by atoms with E-state index in [1.165, 1.54) is 36.3 Å². The molecule has 1 N–H and O–H groups in total. The molecule has 1 unspecified atom stereocenters. The molecule has 1 saturated heterocycles. The summed E-state index contributed by atoms with van der Waals surface area (Å²) in [6.07, 6.45) is 3.87. The van der Waals surface area contributed by atoms with Crippen molar-refractivity contribution in [3.63, 3.8) is 0 Å². The number of rotatable bonds is 4. The number of nitrogens with one attached hydrogen (secondary N) is 1. The first-order valence-electron chi connectivity index (χ1n) is 5.69. The first kappa shape index (κ1) is 11.5. The van der Waals surface area contributed by atoms with E-state index in [0.717, 1.165) is 6.04 Å². The van der Waals surface area contributed by atoms with Gasteiger partial charge in [-0.1, -0.05) is 0 Å². The zero-order chi connectivity index (χ0) is 10.5. The molecule has 0 radical (unpaired) electrons. The Hall–Kier alpha value is 0.01000. The Labute approximate surface area is 101 Å². The highest BCUT2D eigenvalue weighted by Gasteiger charge is 2.15. The molecule has 3 heteroatoms. The molecule has 2 heterocycles.